The van der Waals surface area contributed by atoms with Crippen LogP contribution in [-0.4, -0.2) is 34.0 Å². The minimum Gasteiger partial charge on any atom is -0.480 e. The van der Waals surface area contributed by atoms with Crippen molar-refractivity contribution in [1.82, 2.24) is 4.90 Å². The third-order valence-corrected chi connectivity index (χ3v) is 5.27. The molecule has 25 heavy (non-hydrogen) atoms. The van der Waals surface area contributed by atoms with Crippen molar-refractivity contribution in [2.24, 2.45) is 5.92 Å². The van der Waals surface area contributed by atoms with Crippen LogP contribution >= 0.6 is 0 Å². The lowest BCUT2D eigenvalue weighted by atomic mass is 9.84. The largest absolute Gasteiger partial charge is 0.480 e. The molecule has 1 amide bonds. The van der Waals surface area contributed by atoms with Crippen LogP contribution in [0.3, 0.4) is 0 Å². The number of aliphatic carboxylic acids is 1. The van der Waals surface area contributed by atoms with E-state index in [1.165, 1.54) is 17.0 Å². The van der Waals surface area contributed by atoms with Crippen LogP contribution < -0.4 is 0 Å². The molecule has 0 aromatic heterocycles. The van der Waals surface area contributed by atoms with Gasteiger partial charge in [0.25, 0.3) is 0 Å². The van der Waals surface area contributed by atoms with Crippen molar-refractivity contribution >= 4 is 11.9 Å². The van der Waals surface area contributed by atoms with E-state index in [4.69, 9.17) is 0 Å². The SMILES string of the molecule is O=C(O)C1CC2CCCCC2N1C(=O)Cc1cccc(C(F)(F)F)c1. The molecule has 1 aliphatic carbocycles. The molecule has 7 heteroatoms. The van der Waals surface area contributed by atoms with Gasteiger partial charge in [-0.15, -0.1) is 0 Å². The van der Waals surface area contributed by atoms with Crippen LogP contribution in [0, 0.1) is 5.92 Å². The number of fused-ring (bicyclic) bond motifs is 1. The molecule has 0 spiro atoms. The molecule has 2 fully saturated rings. The number of rotatable bonds is 3. The number of alkyl halides is 3. The van der Waals surface area contributed by atoms with Gasteiger partial charge < -0.3 is 10.0 Å². The number of benzene rings is 1. The summed E-state index contributed by atoms with van der Waals surface area (Å²) < 4.78 is 38.5. The van der Waals surface area contributed by atoms with E-state index in [0.29, 0.717) is 6.42 Å². The summed E-state index contributed by atoms with van der Waals surface area (Å²) in [5.41, 5.74) is -0.548. The summed E-state index contributed by atoms with van der Waals surface area (Å²) in [6.07, 6.45) is -0.593. The molecular formula is C18H20F3NO3. The number of amides is 1. The Bertz CT molecular complexity index is 674. The molecule has 0 radical (unpaired) electrons. The predicted octanol–water partition coefficient (Wildman–Crippen LogP) is 3.49. The number of halogens is 3. The minimum atomic E-state index is -4.47. The predicted molar refractivity (Wildman–Crippen MR) is 83.8 cm³/mol. The van der Waals surface area contributed by atoms with Gasteiger partial charge in [-0.3, -0.25) is 4.79 Å². The van der Waals surface area contributed by atoms with E-state index >= 15 is 0 Å². The van der Waals surface area contributed by atoms with Crippen molar-refractivity contribution in [2.45, 2.75) is 56.8 Å². The Morgan fingerprint density at radius 1 is 1.20 bits per heavy atom. The highest BCUT2D eigenvalue weighted by Crippen LogP contribution is 2.40. The Hall–Kier alpha value is -2.05. The maximum absolute atomic E-state index is 12.8. The molecule has 1 saturated carbocycles. The molecule has 3 atom stereocenters. The van der Waals surface area contributed by atoms with Gasteiger partial charge in [-0.05, 0) is 36.8 Å². The van der Waals surface area contributed by atoms with E-state index in [-0.39, 0.29) is 23.9 Å². The molecule has 0 bridgehead atoms. The highest BCUT2D eigenvalue weighted by molar-refractivity contribution is 5.86. The molecule has 1 aliphatic heterocycles. The molecule has 1 N–H and O–H groups in total. The first-order valence-corrected chi connectivity index (χ1v) is 8.47. The number of carboxylic acid groups (broad SMARTS) is 1. The van der Waals surface area contributed by atoms with Crippen molar-refractivity contribution in [3.05, 3.63) is 35.4 Å². The van der Waals surface area contributed by atoms with Gasteiger partial charge >= 0.3 is 12.1 Å². The second-order valence-electron chi connectivity index (χ2n) is 6.88. The summed E-state index contributed by atoms with van der Waals surface area (Å²) in [7, 11) is 0. The lowest BCUT2D eigenvalue weighted by molar-refractivity contribution is -0.149. The molecule has 1 aromatic rings. The number of carboxylic acids is 1. The first-order valence-electron chi connectivity index (χ1n) is 8.47. The molecule has 1 saturated heterocycles. The highest BCUT2D eigenvalue weighted by atomic mass is 19.4. The summed E-state index contributed by atoms with van der Waals surface area (Å²) in [5, 5.41) is 9.45. The van der Waals surface area contributed by atoms with Crippen molar-refractivity contribution in [2.75, 3.05) is 0 Å². The van der Waals surface area contributed by atoms with E-state index in [1.807, 2.05) is 0 Å². The van der Waals surface area contributed by atoms with Crippen molar-refractivity contribution in [3.8, 4) is 0 Å². The summed E-state index contributed by atoms with van der Waals surface area (Å²) in [6.45, 7) is 0. The van der Waals surface area contributed by atoms with Gasteiger partial charge in [0.15, 0.2) is 0 Å². The Morgan fingerprint density at radius 3 is 2.60 bits per heavy atom. The average molecular weight is 355 g/mol. The van der Waals surface area contributed by atoms with Crippen molar-refractivity contribution < 1.29 is 27.9 Å². The van der Waals surface area contributed by atoms with E-state index in [0.717, 1.165) is 37.8 Å². The van der Waals surface area contributed by atoms with Gasteiger partial charge in [0.2, 0.25) is 5.91 Å². The quantitative estimate of drug-likeness (QED) is 0.903. The van der Waals surface area contributed by atoms with Crippen molar-refractivity contribution in [1.29, 1.82) is 0 Å². The average Bonchev–Trinajstić information content (AvgIpc) is 2.94. The third kappa shape index (κ3) is 3.65. The van der Waals surface area contributed by atoms with E-state index in [9.17, 15) is 27.9 Å². The van der Waals surface area contributed by atoms with Crippen LogP contribution in [-0.2, 0) is 22.2 Å². The smallest absolute Gasteiger partial charge is 0.416 e. The standard InChI is InChI=1S/C18H20F3NO3/c19-18(20,21)13-6-3-4-11(8-13)9-16(23)22-14-7-2-1-5-12(14)10-15(22)17(24)25/h3-4,6,8,12,14-15H,1-2,5,7,9-10H2,(H,24,25). The monoisotopic (exact) mass is 355 g/mol. The summed E-state index contributed by atoms with van der Waals surface area (Å²) in [5.74, 6) is -1.26. The van der Waals surface area contributed by atoms with Crippen LogP contribution in [0.25, 0.3) is 0 Å². The lowest BCUT2D eigenvalue weighted by Crippen LogP contribution is -2.46. The second-order valence-corrected chi connectivity index (χ2v) is 6.88. The minimum absolute atomic E-state index is 0.104. The third-order valence-electron chi connectivity index (χ3n) is 5.27. The fourth-order valence-electron chi connectivity index (χ4n) is 4.16. The van der Waals surface area contributed by atoms with Gasteiger partial charge in [-0.2, -0.15) is 13.2 Å². The summed E-state index contributed by atoms with van der Waals surface area (Å²) in [6, 6.07) is 3.69. The molecular weight excluding hydrogens is 335 g/mol. The maximum atomic E-state index is 12.8. The molecule has 3 rings (SSSR count). The molecule has 136 valence electrons. The fraction of sp³-hybridized carbons (Fsp3) is 0.556. The van der Waals surface area contributed by atoms with Gasteiger partial charge in [-0.1, -0.05) is 31.0 Å². The maximum Gasteiger partial charge on any atom is 0.416 e. The first-order chi connectivity index (χ1) is 11.8. The number of carbonyl (C=O) groups is 2. The molecule has 4 nitrogen and oxygen atoms in total. The van der Waals surface area contributed by atoms with Gasteiger partial charge in [0, 0.05) is 6.04 Å². The van der Waals surface area contributed by atoms with Crippen LogP contribution in [0.4, 0.5) is 13.2 Å². The summed E-state index contributed by atoms with van der Waals surface area (Å²) >= 11 is 0. The lowest BCUT2D eigenvalue weighted by Gasteiger charge is -2.33. The van der Waals surface area contributed by atoms with Crippen LogP contribution in [0.1, 0.15) is 43.2 Å². The van der Waals surface area contributed by atoms with Crippen molar-refractivity contribution in [3.63, 3.8) is 0 Å². The van der Waals surface area contributed by atoms with Crippen LogP contribution in [0.5, 0.6) is 0 Å². The number of likely N-dealkylation sites (tertiary alicyclic amines) is 1. The zero-order valence-electron chi connectivity index (χ0n) is 13.6. The second kappa shape index (κ2) is 6.69. The van der Waals surface area contributed by atoms with E-state index in [1.54, 1.807) is 0 Å². The fourth-order valence-corrected chi connectivity index (χ4v) is 4.16. The normalized spacial score (nSPS) is 26.4. The summed E-state index contributed by atoms with van der Waals surface area (Å²) in [4.78, 5) is 25.7. The Labute approximate surface area is 143 Å². The Kier molecular flexibility index (Phi) is 4.75. The zero-order valence-corrected chi connectivity index (χ0v) is 13.6. The Morgan fingerprint density at radius 2 is 1.92 bits per heavy atom. The van der Waals surface area contributed by atoms with E-state index in [2.05, 4.69) is 0 Å². The Balaban J connectivity index is 1.80. The highest BCUT2D eigenvalue weighted by Gasteiger charge is 2.47. The number of hydrogen-bond acceptors (Lipinski definition) is 2. The molecule has 3 unspecified atom stereocenters. The molecule has 2 aliphatic rings. The van der Waals surface area contributed by atoms with Crippen LogP contribution in [0.15, 0.2) is 24.3 Å². The van der Waals surface area contributed by atoms with Gasteiger partial charge in [0.05, 0.1) is 12.0 Å². The van der Waals surface area contributed by atoms with E-state index < -0.39 is 29.7 Å². The first kappa shape index (κ1) is 17.8. The topological polar surface area (TPSA) is 57.6 Å². The molecule has 1 aromatic carbocycles. The van der Waals surface area contributed by atoms with Crippen LogP contribution in [0.2, 0.25) is 0 Å². The van der Waals surface area contributed by atoms with Gasteiger partial charge in [-0.25, -0.2) is 4.79 Å². The van der Waals surface area contributed by atoms with Gasteiger partial charge in [0.1, 0.15) is 6.04 Å². The number of hydrogen-bond donors (Lipinski definition) is 1. The number of carbonyl (C=O) groups excluding carboxylic acids is 1. The number of nitrogens with zero attached hydrogens (tertiary/aromatic N) is 1. The molecule has 1 heterocycles. The zero-order chi connectivity index (χ0) is 18.2.